The van der Waals surface area contributed by atoms with Crippen LogP contribution in [0.5, 0.6) is 5.75 Å². The van der Waals surface area contributed by atoms with Crippen molar-refractivity contribution in [3.05, 3.63) is 77.1 Å². The first kappa shape index (κ1) is 38.7. The number of hydrogen-bond acceptors (Lipinski definition) is 9. The van der Waals surface area contributed by atoms with Crippen LogP contribution in [0.1, 0.15) is 81.9 Å². The van der Waals surface area contributed by atoms with E-state index in [0.29, 0.717) is 41.3 Å². The fraction of sp³-hybridized carbons (Fsp3) is 0.488. The van der Waals surface area contributed by atoms with Gasteiger partial charge in [0, 0.05) is 86.3 Å². The van der Waals surface area contributed by atoms with Crippen LogP contribution in [0.4, 0.5) is 16.3 Å². The molecule has 4 fully saturated rings. The lowest BCUT2D eigenvalue weighted by Crippen LogP contribution is -2.74. The molecule has 5 heterocycles. The summed E-state index contributed by atoms with van der Waals surface area (Å²) in [6, 6.07) is 18.9. The number of urea groups is 1. The number of benzene rings is 2. The molecule has 4 aliphatic rings. The number of ether oxygens (including phenoxy) is 1. The lowest BCUT2D eigenvalue weighted by Gasteiger charge is -2.63. The second kappa shape index (κ2) is 15.3. The van der Waals surface area contributed by atoms with E-state index in [1.807, 2.05) is 18.2 Å². The molecule has 0 radical (unpaired) electrons. The minimum absolute atomic E-state index is 0.171. The first-order chi connectivity index (χ1) is 27.3. The number of anilines is 2. The molecule has 2 aromatic carbocycles. The molecule has 2 aromatic heterocycles. The highest BCUT2D eigenvalue weighted by Crippen LogP contribution is 2.55. The largest absolute Gasteiger partial charge is 0.489 e. The van der Waals surface area contributed by atoms with Crippen LogP contribution in [-0.2, 0) is 4.79 Å². The third-order valence-corrected chi connectivity index (χ3v) is 13.1. The second-order valence-corrected chi connectivity index (χ2v) is 17.6. The third kappa shape index (κ3) is 7.41. The van der Waals surface area contributed by atoms with Crippen molar-refractivity contribution in [1.82, 2.24) is 30.3 Å². The number of halogens is 1. The average molecular weight is 792 g/mol. The van der Waals surface area contributed by atoms with Crippen molar-refractivity contribution in [1.29, 1.82) is 5.26 Å². The molecule has 4 aromatic rings. The molecule has 298 valence electrons. The molecule has 2 N–H and O–H groups in total. The Hall–Kier alpha value is -5.19. The van der Waals surface area contributed by atoms with E-state index >= 15 is 0 Å². The molecule has 3 saturated heterocycles. The molecule has 8 rings (SSSR count). The Morgan fingerprint density at radius 2 is 1.72 bits per heavy atom. The maximum Gasteiger partial charge on any atom is 0.328 e. The van der Waals surface area contributed by atoms with E-state index in [4.69, 9.17) is 16.3 Å². The Morgan fingerprint density at radius 3 is 2.39 bits per heavy atom. The average Bonchev–Trinajstić information content (AvgIpc) is 3.64. The molecule has 1 aliphatic carbocycles. The van der Waals surface area contributed by atoms with Crippen LogP contribution >= 0.6 is 11.6 Å². The fourth-order valence-electron chi connectivity index (χ4n) is 10.0. The predicted octanol–water partition coefficient (Wildman–Crippen LogP) is 6.57. The maximum atomic E-state index is 13.4. The summed E-state index contributed by atoms with van der Waals surface area (Å²) >= 11 is 6.25. The maximum absolute atomic E-state index is 13.4. The highest BCUT2D eigenvalue weighted by Gasteiger charge is 2.64. The summed E-state index contributed by atoms with van der Waals surface area (Å²) in [7, 11) is 0. The van der Waals surface area contributed by atoms with Gasteiger partial charge in [-0.25, -0.2) is 4.79 Å². The summed E-state index contributed by atoms with van der Waals surface area (Å²) in [5.41, 5.74) is 1.89. The van der Waals surface area contributed by atoms with Gasteiger partial charge in [0.05, 0.1) is 21.8 Å². The van der Waals surface area contributed by atoms with Gasteiger partial charge in [-0.15, -0.1) is 10.2 Å². The number of nitrogens with zero attached hydrogens (tertiary/aromatic N) is 7. The van der Waals surface area contributed by atoms with Crippen molar-refractivity contribution in [3.63, 3.8) is 0 Å². The van der Waals surface area contributed by atoms with Crippen LogP contribution in [0.2, 0.25) is 5.02 Å². The Bertz CT molecular complexity index is 2200. The quantitative estimate of drug-likeness (QED) is 0.192. The number of likely N-dealkylation sites (tertiary alicyclic amines) is 1. The van der Waals surface area contributed by atoms with Crippen molar-refractivity contribution in [2.24, 2.45) is 16.7 Å². The van der Waals surface area contributed by atoms with Crippen LogP contribution in [0.15, 0.2) is 60.8 Å². The molecule has 0 spiro atoms. The van der Waals surface area contributed by atoms with E-state index in [-0.39, 0.29) is 46.5 Å². The number of nitriles is 1. The molecular weight excluding hydrogens is 742 g/mol. The molecule has 1 saturated carbocycles. The van der Waals surface area contributed by atoms with Gasteiger partial charge in [0.25, 0.3) is 5.91 Å². The Labute approximate surface area is 338 Å². The summed E-state index contributed by atoms with van der Waals surface area (Å²) in [6.45, 7) is 13.7. The smallest absolute Gasteiger partial charge is 0.328 e. The summed E-state index contributed by atoms with van der Waals surface area (Å²) in [4.78, 5) is 44.2. The van der Waals surface area contributed by atoms with Gasteiger partial charge in [-0.2, -0.15) is 5.26 Å². The lowest BCUT2D eigenvalue weighted by atomic mass is 9.49. The van der Waals surface area contributed by atoms with Gasteiger partial charge in [-0.1, -0.05) is 45.4 Å². The number of rotatable bonds is 9. The molecule has 3 aliphatic heterocycles. The number of hydrogen-bond donors (Lipinski definition) is 2. The third-order valence-electron chi connectivity index (χ3n) is 12.8. The number of piperidine rings is 2. The highest BCUT2D eigenvalue weighted by atomic mass is 35.5. The summed E-state index contributed by atoms with van der Waals surface area (Å²) < 4.78 is 8.74. The van der Waals surface area contributed by atoms with Gasteiger partial charge in [0.1, 0.15) is 17.9 Å². The standard InChI is InChI=1S/C43H50ClN9O4/c1-42(2)39(43(3,4)40(42)57-30-9-8-28(25-45)32(44)24-30)47-38(55)33-10-11-36(49-48-33)51-20-12-27(13-21-51)26-50-18-14-29(15-19-50)52-22-16-31-34(52)6-5-7-35(31)53-23-17-37(54)46-41(53)56/h5-11,16,22,24,27,29,39-40H,12-15,17-21,23,26H2,1-4H3,(H,47,55)(H,46,54,56)/t39-,40-. The topological polar surface area (TPSA) is 149 Å². The van der Waals surface area contributed by atoms with Gasteiger partial charge in [-0.05, 0) is 74.1 Å². The first-order valence-corrected chi connectivity index (χ1v) is 20.4. The summed E-state index contributed by atoms with van der Waals surface area (Å²) in [5, 5.41) is 25.1. The lowest BCUT2D eigenvalue weighted by molar-refractivity contribution is -0.164. The van der Waals surface area contributed by atoms with E-state index in [0.717, 1.165) is 80.8 Å². The highest BCUT2D eigenvalue weighted by molar-refractivity contribution is 6.31. The van der Waals surface area contributed by atoms with E-state index in [9.17, 15) is 19.6 Å². The van der Waals surface area contributed by atoms with Gasteiger partial charge in [-0.3, -0.25) is 19.8 Å². The molecule has 0 bridgehead atoms. The summed E-state index contributed by atoms with van der Waals surface area (Å²) in [6.07, 6.45) is 6.55. The number of carbonyl (C=O) groups is 3. The van der Waals surface area contributed by atoms with Gasteiger partial charge < -0.3 is 24.4 Å². The minimum atomic E-state index is -0.380. The number of imide groups is 1. The molecule has 0 unspecified atom stereocenters. The summed E-state index contributed by atoms with van der Waals surface area (Å²) in [5.74, 6) is 1.51. The van der Waals surface area contributed by atoms with Gasteiger partial charge >= 0.3 is 6.03 Å². The number of nitrogens with one attached hydrogen (secondary N) is 2. The van der Waals surface area contributed by atoms with E-state index in [1.54, 1.807) is 29.2 Å². The van der Waals surface area contributed by atoms with Crippen molar-refractivity contribution < 1.29 is 19.1 Å². The van der Waals surface area contributed by atoms with Crippen LogP contribution in [0.25, 0.3) is 10.9 Å². The molecular formula is C43H50ClN9O4. The molecule has 57 heavy (non-hydrogen) atoms. The molecule has 4 amide bonds. The monoisotopic (exact) mass is 791 g/mol. The minimum Gasteiger partial charge on any atom is -0.489 e. The Kier molecular flexibility index (Phi) is 10.4. The zero-order chi connectivity index (χ0) is 40.1. The van der Waals surface area contributed by atoms with Crippen molar-refractivity contribution in [2.45, 2.75) is 78.0 Å². The van der Waals surface area contributed by atoms with Gasteiger partial charge in [0.15, 0.2) is 11.5 Å². The van der Waals surface area contributed by atoms with E-state index in [1.165, 1.54) is 0 Å². The predicted molar refractivity (Wildman–Crippen MR) is 219 cm³/mol. The number of carbonyl (C=O) groups excluding carboxylic acids is 3. The SMILES string of the molecule is CC1(C)[C@H](NC(=O)c2ccc(N3CCC(CN4CCC(n5ccc6c(N7CCC(=O)NC7=O)cccc65)CC4)CC3)nn2)C(C)(C)[C@H]1Oc1ccc(C#N)c(Cl)c1. The second-order valence-electron chi connectivity index (χ2n) is 17.2. The molecule has 0 atom stereocenters. The van der Waals surface area contributed by atoms with Crippen molar-refractivity contribution in [2.75, 3.05) is 49.1 Å². The number of aromatic nitrogens is 3. The van der Waals surface area contributed by atoms with E-state index in [2.05, 4.69) is 87.3 Å². The number of fused-ring (bicyclic) bond motifs is 1. The van der Waals surface area contributed by atoms with Gasteiger partial charge in [0.2, 0.25) is 5.91 Å². The zero-order valence-corrected chi connectivity index (χ0v) is 33.8. The van der Waals surface area contributed by atoms with E-state index < -0.39 is 0 Å². The van der Waals surface area contributed by atoms with Crippen molar-refractivity contribution in [3.8, 4) is 11.8 Å². The molecule has 14 heteroatoms. The van der Waals surface area contributed by atoms with Crippen molar-refractivity contribution >= 4 is 51.9 Å². The normalized spacial score (nSPS) is 22.8. The van der Waals surface area contributed by atoms with Crippen LogP contribution in [0, 0.1) is 28.1 Å². The molecule has 13 nitrogen and oxygen atoms in total. The number of amides is 4. The van der Waals surface area contributed by atoms with Crippen LogP contribution in [-0.4, -0.2) is 88.9 Å². The Balaban J connectivity index is 0.800. The zero-order valence-electron chi connectivity index (χ0n) is 33.0. The van der Waals surface area contributed by atoms with Crippen LogP contribution in [0.3, 0.4) is 0 Å². The fourth-order valence-corrected chi connectivity index (χ4v) is 10.2. The van der Waals surface area contributed by atoms with Crippen LogP contribution < -0.4 is 25.2 Å². The first-order valence-electron chi connectivity index (χ1n) is 20.0. The Morgan fingerprint density at radius 1 is 0.965 bits per heavy atom.